The number of ether oxygens (including phenoxy) is 1. The summed E-state index contributed by atoms with van der Waals surface area (Å²) in [6.07, 6.45) is 4.95. The standard InChI is InChI=1S/C22H19N3O6/c1-11-8-16(24-31-11)23-17(26)10-30-22(29)12-4-6-15(7-5-12)25-20(27)18-13-2-3-14(9-13)19(18)21(25)28/h2-8,13-14,18-19H,9-10H2,1H3,(H,23,24,26)/t13-,14-,18-,19-/m0/s1. The van der Waals surface area contributed by atoms with Crippen molar-refractivity contribution in [3.05, 3.63) is 53.8 Å². The zero-order chi connectivity index (χ0) is 21.7. The van der Waals surface area contributed by atoms with E-state index in [4.69, 9.17) is 9.26 Å². The van der Waals surface area contributed by atoms with E-state index in [0.717, 1.165) is 6.42 Å². The minimum Gasteiger partial charge on any atom is -0.452 e. The highest BCUT2D eigenvalue weighted by Crippen LogP contribution is 2.53. The lowest BCUT2D eigenvalue weighted by Crippen LogP contribution is -2.32. The molecule has 1 aliphatic heterocycles. The van der Waals surface area contributed by atoms with Crippen molar-refractivity contribution in [3.63, 3.8) is 0 Å². The van der Waals surface area contributed by atoms with Gasteiger partial charge in [0.25, 0.3) is 5.91 Å². The van der Waals surface area contributed by atoms with E-state index >= 15 is 0 Å². The van der Waals surface area contributed by atoms with Gasteiger partial charge >= 0.3 is 5.97 Å². The zero-order valence-corrected chi connectivity index (χ0v) is 16.6. The molecule has 4 atom stereocenters. The number of hydrogen-bond donors (Lipinski definition) is 1. The van der Waals surface area contributed by atoms with Crippen molar-refractivity contribution in [2.75, 3.05) is 16.8 Å². The van der Waals surface area contributed by atoms with Gasteiger partial charge in [-0.25, -0.2) is 4.79 Å². The Morgan fingerprint density at radius 2 is 1.77 bits per heavy atom. The number of nitrogens with one attached hydrogen (secondary N) is 1. The molecule has 1 aromatic heterocycles. The normalized spacial score (nSPS) is 25.8. The molecule has 0 spiro atoms. The lowest BCUT2D eigenvalue weighted by Gasteiger charge is -2.17. The lowest BCUT2D eigenvalue weighted by atomic mass is 9.85. The maximum atomic E-state index is 12.9. The molecule has 1 saturated carbocycles. The zero-order valence-electron chi connectivity index (χ0n) is 16.6. The molecule has 1 N–H and O–H groups in total. The second kappa shape index (κ2) is 7.19. The predicted molar refractivity (Wildman–Crippen MR) is 107 cm³/mol. The monoisotopic (exact) mass is 421 g/mol. The first-order chi connectivity index (χ1) is 14.9. The van der Waals surface area contributed by atoms with Gasteiger partial charge in [0, 0.05) is 6.07 Å². The van der Waals surface area contributed by atoms with Crippen molar-refractivity contribution >= 4 is 35.2 Å². The molecule has 0 radical (unpaired) electrons. The van der Waals surface area contributed by atoms with E-state index in [1.807, 2.05) is 12.2 Å². The van der Waals surface area contributed by atoms with Gasteiger partial charge < -0.3 is 14.6 Å². The average Bonchev–Trinajstić information content (AvgIpc) is 3.52. The molecular formula is C22H19N3O6. The van der Waals surface area contributed by atoms with Crippen LogP contribution in [0, 0.1) is 30.6 Å². The highest BCUT2D eigenvalue weighted by atomic mass is 16.5. The largest absolute Gasteiger partial charge is 0.452 e. The number of aromatic nitrogens is 1. The highest BCUT2D eigenvalue weighted by Gasteiger charge is 2.59. The number of nitrogens with zero attached hydrogens (tertiary/aromatic N) is 2. The summed E-state index contributed by atoms with van der Waals surface area (Å²) in [7, 11) is 0. The van der Waals surface area contributed by atoms with Crippen molar-refractivity contribution in [2.45, 2.75) is 13.3 Å². The quantitative estimate of drug-likeness (QED) is 0.446. The molecule has 158 valence electrons. The lowest BCUT2D eigenvalue weighted by molar-refractivity contribution is -0.123. The summed E-state index contributed by atoms with van der Waals surface area (Å²) in [6.45, 7) is 1.19. The van der Waals surface area contributed by atoms with Crippen molar-refractivity contribution in [2.24, 2.45) is 23.7 Å². The van der Waals surface area contributed by atoms with Crippen LogP contribution in [-0.2, 0) is 19.1 Å². The van der Waals surface area contributed by atoms with Gasteiger partial charge in [-0.15, -0.1) is 0 Å². The number of aryl methyl sites for hydroxylation is 1. The van der Waals surface area contributed by atoms with Gasteiger partial charge in [-0.2, -0.15) is 0 Å². The minimum absolute atomic E-state index is 0.137. The second-order valence-corrected chi connectivity index (χ2v) is 8.01. The number of imide groups is 1. The first-order valence-corrected chi connectivity index (χ1v) is 9.99. The fourth-order valence-electron chi connectivity index (χ4n) is 4.72. The first kappa shape index (κ1) is 19.2. The number of fused-ring (bicyclic) bond motifs is 5. The molecule has 2 heterocycles. The van der Waals surface area contributed by atoms with Crippen LogP contribution >= 0.6 is 0 Å². The van der Waals surface area contributed by atoms with Crippen LogP contribution in [0.25, 0.3) is 0 Å². The molecule has 2 fully saturated rings. The summed E-state index contributed by atoms with van der Waals surface area (Å²) in [5, 5.41) is 6.07. The van der Waals surface area contributed by atoms with Gasteiger partial charge in [0.1, 0.15) is 5.76 Å². The van der Waals surface area contributed by atoms with Crippen molar-refractivity contribution in [3.8, 4) is 0 Å². The van der Waals surface area contributed by atoms with Crippen LogP contribution in [0.15, 0.2) is 47.0 Å². The predicted octanol–water partition coefficient (Wildman–Crippen LogP) is 2.09. The van der Waals surface area contributed by atoms with E-state index in [1.165, 1.54) is 23.1 Å². The van der Waals surface area contributed by atoms with Gasteiger partial charge in [0.2, 0.25) is 11.8 Å². The molecule has 5 rings (SSSR count). The van der Waals surface area contributed by atoms with Crippen LogP contribution < -0.4 is 10.2 Å². The van der Waals surface area contributed by atoms with E-state index in [0.29, 0.717) is 11.4 Å². The number of benzene rings is 1. The summed E-state index contributed by atoms with van der Waals surface area (Å²) in [6, 6.07) is 7.56. The first-order valence-electron chi connectivity index (χ1n) is 9.99. The average molecular weight is 421 g/mol. The molecule has 9 heteroatoms. The summed E-state index contributed by atoms with van der Waals surface area (Å²) >= 11 is 0. The topological polar surface area (TPSA) is 119 Å². The third-order valence-corrected chi connectivity index (χ3v) is 6.06. The van der Waals surface area contributed by atoms with Crippen molar-refractivity contribution in [1.82, 2.24) is 5.16 Å². The van der Waals surface area contributed by atoms with Crippen LogP contribution in [0.2, 0.25) is 0 Å². The van der Waals surface area contributed by atoms with Crippen molar-refractivity contribution < 1.29 is 28.4 Å². The third-order valence-electron chi connectivity index (χ3n) is 6.06. The molecular weight excluding hydrogens is 402 g/mol. The Morgan fingerprint density at radius 3 is 2.35 bits per heavy atom. The Hall–Kier alpha value is -3.75. The number of anilines is 2. The number of carbonyl (C=O) groups excluding carboxylic acids is 4. The molecule has 3 amide bonds. The Kier molecular flexibility index (Phi) is 4.46. The maximum absolute atomic E-state index is 12.9. The summed E-state index contributed by atoms with van der Waals surface area (Å²) in [4.78, 5) is 51.0. The number of carbonyl (C=O) groups is 4. The van der Waals surface area contributed by atoms with Gasteiger partial charge in [-0.3, -0.25) is 19.3 Å². The number of amides is 3. The van der Waals surface area contributed by atoms with Gasteiger partial charge in [0.05, 0.1) is 23.1 Å². The van der Waals surface area contributed by atoms with Crippen LogP contribution in [0.3, 0.4) is 0 Å². The molecule has 1 saturated heterocycles. The van der Waals surface area contributed by atoms with E-state index in [2.05, 4.69) is 10.5 Å². The van der Waals surface area contributed by atoms with Crippen LogP contribution in [0.4, 0.5) is 11.5 Å². The SMILES string of the molecule is Cc1cc(NC(=O)COC(=O)c2ccc(N3C(=O)[C@@H]4[C@@H](C3=O)[C@H]3C=C[C@H]4C3)cc2)no1. The van der Waals surface area contributed by atoms with E-state index in [9.17, 15) is 19.2 Å². The maximum Gasteiger partial charge on any atom is 0.338 e. The Balaban J connectivity index is 1.21. The third kappa shape index (κ3) is 3.22. The van der Waals surface area contributed by atoms with Crippen molar-refractivity contribution in [1.29, 1.82) is 0 Å². The summed E-state index contributed by atoms with van der Waals surface area (Å²) in [5.41, 5.74) is 0.634. The van der Waals surface area contributed by atoms with Gasteiger partial charge in [0.15, 0.2) is 12.4 Å². The van der Waals surface area contributed by atoms with Crippen LogP contribution in [0.5, 0.6) is 0 Å². The molecule has 3 aliphatic rings. The molecule has 2 bridgehead atoms. The van der Waals surface area contributed by atoms with Crippen LogP contribution in [0.1, 0.15) is 22.5 Å². The molecule has 31 heavy (non-hydrogen) atoms. The summed E-state index contributed by atoms with van der Waals surface area (Å²) < 4.78 is 9.85. The number of rotatable bonds is 5. The second-order valence-electron chi connectivity index (χ2n) is 8.01. The molecule has 1 aromatic carbocycles. The van der Waals surface area contributed by atoms with Gasteiger partial charge in [-0.1, -0.05) is 17.3 Å². The fraction of sp³-hybridized carbons (Fsp3) is 0.318. The highest BCUT2D eigenvalue weighted by molar-refractivity contribution is 6.22. The Morgan fingerprint density at radius 1 is 1.13 bits per heavy atom. The van der Waals surface area contributed by atoms with Gasteiger partial charge in [-0.05, 0) is 49.4 Å². The molecule has 2 aliphatic carbocycles. The number of allylic oxidation sites excluding steroid dienone is 2. The number of hydrogen-bond acceptors (Lipinski definition) is 7. The molecule has 0 unspecified atom stereocenters. The molecule has 9 nitrogen and oxygen atoms in total. The van der Waals surface area contributed by atoms with E-state index in [1.54, 1.807) is 19.1 Å². The fourth-order valence-corrected chi connectivity index (χ4v) is 4.72. The van der Waals surface area contributed by atoms with Crippen LogP contribution in [-0.4, -0.2) is 35.5 Å². The molecule has 2 aromatic rings. The summed E-state index contributed by atoms with van der Waals surface area (Å²) in [5.74, 6) is -1.12. The Labute approximate surface area is 177 Å². The van der Waals surface area contributed by atoms with E-state index in [-0.39, 0.29) is 46.9 Å². The van der Waals surface area contributed by atoms with E-state index < -0.39 is 18.5 Å². The number of esters is 1. The smallest absolute Gasteiger partial charge is 0.338 e. The minimum atomic E-state index is -0.698. The Bertz CT molecular complexity index is 1090.